The number of unbranched alkanes of at least 4 members (excludes halogenated alkanes) is 9. The molecule has 0 aliphatic carbocycles. The molecule has 0 aromatic rings. The molecule has 0 saturated carbocycles. The number of carbonyl (C=O) groups is 10. The number of carboxylic acid groups (broad SMARTS) is 4. The molecule has 24 heteroatoms. The van der Waals surface area contributed by atoms with Crippen molar-refractivity contribution in [3.63, 3.8) is 0 Å². The van der Waals surface area contributed by atoms with E-state index in [1.54, 1.807) is 0 Å². The van der Waals surface area contributed by atoms with E-state index in [0.29, 0.717) is 12.8 Å². The van der Waals surface area contributed by atoms with Gasteiger partial charge < -0.3 is 71.7 Å². The number of carbonyl (C=O) groups excluding carboxylic acids is 6. The lowest BCUT2D eigenvalue weighted by molar-refractivity contribution is -0.144. The Bertz CT molecular complexity index is 1470. The van der Waals surface area contributed by atoms with Gasteiger partial charge in [0.2, 0.25) is 35.4 Å². The van der Waals surface area contributed by atoms with Gasteiger partial charge in [0.1, 0.15) is 31.3 Å². The van der Waals surface area contributed by atoms with E-state index in [1.807, 2.05) is 0 Å². The van der Waals surface area contributed by atoms with Crippen LogP contribution in [0.2, 0.25) is 0 Å². The predicted octanol–water partition coefficient (Wildman–Crippen LogP) is -0.415. The average Bonchev–Trinajstić information content (AvgIpc) is 3.24. The molecule has 0 aliphatic rings. The highest BCUT2D eigenvalue weighted by atomic mass is 16.5. The lowest BCUT2D eigenvalue weighted by Crippen LogP contribution is -2.45. The van der Waals surface area contributed by atoms with E-state index in [-0.39, 0.29) is 110 Å². The maximum Gasteiger partial charge on any atom is 0.326 e. The van der Waals surface area contributed by atoms with Crippen LogP contribution in [-0.2, 0) is 66.9 Å². The van der Waals surface area contributed by atoms with E-state index in [2.05, 4.69) is 26.6 Å². The second kappa shape index (κ2) is 39.0. The molecular weight excluding hydrogens is 864 g/mol. The standard InChI is InChI=1S/C41H70N6O18/c42-32(48)16-13-29(39(56)57)46-35(51)18-15-31(41(60)61)47-37(53)28-65-26-24-63-22-20-44-36(52)27-64-25-23-62-21-19-43-33(49)17-14-30(40(58)59)45-34(50)11-9-7-5-3-1-2-4-6-8-10-12-38(54)55/h29-31H,1-28H2,(H2,42,48)(H,43,49)(H,44,52)(H,45,50)(H,46,51)(H,47,53)(H,54,55)(H,56,57)(H,58,59)(H,60,61)/t29-,30-,31-/m0/s1. The van der Waals surface area contributed by atoms with Gasteiger partial charge >= 0.3 is 23.9 Å². The van der Waals surface area contributed by atoms with Gasteiger partial charge in [0.25, 0.3) is 0 Å². The summed E-state index contributed by atoms with van der Waals surface area (Å²) in [6.45, 7) is 0.0445. The zero-order chi connectivity index (χ0) is 48.7. The Labute approximate surface area is 378 Å². The number of hydrogen-bond donors (Lipinski definition) is 10. The molecule has 65 heavy (non-hydrogen) atoms. The summed E-state index contributed by atoms with van der Waals surface area (Å²) < 4.78 is 21.0. The number of hydrogen-bond acceptors (Lipinski definition) is 14. The number of carboxylic acids is 4. The number of nitrogens with two attached hydrogens (primary N) is 1. The zero-order valence-corrected chi connectivity index (χ0v) is 37.1. The second-order valence-corrected chi connectivity index (χ2v) is 14.9. The predicted molar refractivity (Wildman–Crippen MR) is 228 cm³/mol. The fraction of sp³-hybridized carbons (Fsp3) is 0.756. The molecular formula is C41H70N6O18. The maximum absolute atomic E-state index is 12.3. The highest BCUT2D eigenvalue weighted by molar-refractivity contribution is 5.87. The van der Waals surface area contributed by atoms with Crippen LogP contribution in [0.4, 0.5) is 0 Å². The van der Waals surface area contributed by atoms with Crippen molar-refractivity contribution in [3.8, 4) is 0 Å². The summed E-state index contributed by atoms with van der Waals surface area (Å²) in [6.07, 6.45) is 8.38. The average molecular weight is 935 g/mol. The van der Waals surface area contributed by atoms with Crippen molar-refractivity contribution in [3.05, 3.63) is 0 Å². The van der Waals surface area contributed by atoms with Crippen LogP contribution in [0.25, 0.3) is 0 Å². The van der Waals surface area contributed by atoms with Gasteiger partial charge in [-0.25, -0.2) is 14.4 Å². The first-order valence-electron chi connectivity index (χ1n) is 21.9. The summed E-state index contributed by atoms with van der Waals surface area (Å²) in [5.41, 5.74) is 4.99. The van der Waals surface area contributed by atoms with Crippen molar-refractivity contribution in [1.29, 1.82) is 0 Å². The number of ether oxygens (including phenoxy) is 4. The number of primary amides is 1. The largest absolute Gasteiger partial charge is 0.481 e. The Morgan fingerprint density at radius 3 is 1.18 bits per heavy atom. The molecule has 11 N–H and O–H groups in total. The smallest absolute Gasteiger partial charge is 0.326 e. The molecule has 0 unspecified atom stereocenters. The van der Waals surface area contributed by atoms with Crippen LogP contribution >= 0.6 is 0 Å². The number of rotatable bonds is 44. The lowest BCUT2D eigenvalue weighted by atomic mass is 10.0. The monoisotopic (exact) mass is 934 g/mol. The Balaban J connectivity index is 3.89. The third-order valence-electron chi connectivity index (χ3n) is 9.29. The van der Waals surface area contributed by atoms with Crippen molar-refractivity contribution in [2.75, 3.05) is 65.9 Å². The van der Waals surface area contributed by atoms with Crippen molar-refractivity contribution in [2.24, 2.45) is 5.73 Å². The van der Waals surface area contributed by atoms with E-state index in [0.717, 1.165) is 51.4 Å². The van der Waals surface area contributed by atoms with Gasteiger partial charge in [-0.05, 0) is 32.1 Å². The van der Waals surface area contributed by atoms with Gasteiger partial charge in [0.15, 0.2) is 0 Å². The summed E-state index contributed by atoms with van der Waals surface area (Å²) in [5, 5.41) is 48.7. The van der Waals surface area contributed by atoms with E-state index in [9.17, 15) is 58.2 Å². The van der Waals surface area contributed by atoms with Crippen LogP contribution in [0.15, 0.2) is 0 Å². The highest BCUT2D eigenvalue weighted by Gasteiger charge is 2.25. The van der Waals surface area contributed by atoms with E-state index in [1.165, 1.54) is 0 Å². The fourth-order valence-electron chi connectivity index (χ4n) is 5.79. The van der Waals surface area contributed by atoms with Gasteiger partial charge in [0, 0.05) is 45.2 Å². The molecule has 0 fully saturated rings. The first-order chi connectivity index (χ1) is 31.0. The number of nitrogens with one attached hydrogen (secondary N) is 5. The molecule has 0 heterocycles. The summed E-state index contributed by atoms with van der Waals surface area (Å²) in [5.74, 6) is -8.32. The summed E-state index contributed by atoms with van der Waals surface area (Å²) in [6, 6.07) is -4.03. The maximum atomic E-state index is 12.3. The second-order valence-electron chi connectivity index (χ2n) is 14.9. The lowest BCUT2D eigenvalue weighted by Gasteiger charge is -2.16. The normalized spacial score (nSPS) is 12.2. The Hall–Kier alpha value is -5.46. The van der Waals surface area contributed by atoms with Crippen LogP contribution in [0.1, 0.15) is 116 Å². The van der Waals surface area contributed by atoms with Crippen LogP contribution in [0.3, 0.4) is 0 Å². The van der Waals surface area contributed by atoms with Crippen LogP contribution in [0.5, 0.6) is 0 Å². The SMILES string of the molecule is NC(=O)CC[C@H](NC(=O)CC[C@H](NC(=O)COCCOCCNC(=O)COCCOCCNC(=O)CC[C@H](NC(=O)CCCCCCCCCCCCC(=O)O)C(=O)O)C(=O)O)C(=O)O. The Morgan fingerprint density at radius 1 is 0.385 bits per heavy atom. The minimum absolute atomic E-state index is 0.0351. The molecule has 0 aliphatic heterocycles. The molecule has 0 rings (SSSR count). The summed E-state index contributed by atoms with van der Waals surface area (Å²) in [7, 11) is 0. The summed E-state index contributed by atoms with van der Waals surface area (Å²) >= 11 is 0. The molecule has 372 valence electrons. The van der Waals surface area contributed by atoms with Gasteiger partial charge in [-0.2, -0.15) is 0 Å². The quantitative estimate of drug-likeness (QED) is 0.0347. The number of aliphatic carboxylic acids is 4. The van der Waals surface area contributed by atoms with Crippen molar-refractivity contribution >= 4 is 59.3 Å². The third kappa shape index (κ3) is 37.6. The highest BCUT2D eigenvalue weighted by Crippen LogP contribution is 2.12. The number of amides is 6. The topological polar surface area (TPSA) is 375 Å². The van der Waals surface area contributed by atoms with Crippen molar-refractivity contribution < 1.29 is 87.3 Å². The van der Waals surface area contributed by atoms with Crippen molar-refractivity contribution in [2.45, 2.75) is 134 Å². The minimum atomic E-state index is -1.46. The summed E-state index contributed by atoms with van der Waals surface area (Å²) in [4.78, 5) is 116. The van der Waals surface area contributed by atoms with Gasteiger partial charge in [-0.3, -0.25) is 33.6 Å². The van der Waals surface area contributed by atoms with E-state index >= 15 is 0 Å². The Morgan fingerprint density at radius 2 is 0.738 bits per heavy atom. The van der Waals surface area contributed by atoms with Gasteiger partial charge in [-0.15, -0.1) is 0 Å². The molecule has 3 atom stereocenters. The third-order valence-corrected chi connectivity index (χ3v) is 9.29. The van der Waals surface area contributed by atoms with Gasteiger partial charge in [-0.1, -0.05) is 51.4 Å². The first-order valence-corrected chi connectivity index (χ1v) is 21.9. The molecule has 6 amide bonds. The molecule has 0 spiro atoms. The van der Waals surface area contributed by atoms with Gasteiger partial charge in [0.05, 0.1) is 39.6 Å². The first kappa shape index (κ1) is 59.5. The molecule has 0 radical (unpaired) electrons. The molecule has 0 aromatic heterocycles. The zero-order valence-electron chi connectivity index (χ0n) is 37.1. The van der Waals surface area contributed by atoms with E-state index < -0.39 is 84.6 Å². The van der Waals surface area contributed by atoms with Crippen LogP contribution in [-0.4, -0.2) is 164 Å². The van der Waals surface area contributed by atoms with Crippen LogP contribution < -0.4 is 32.3 Å². The molecule has 24 nitrogen and oxygen atoms in total. The Kier molecular flexibility index (Phi) is 35.7. The molecule has 0 bridgehead atoms. The van der Waals surface area contributed by atoms with Crippen molar-refractivity contribution in [1.82, 2.24) is 26.6 Å². The minimum Gasteiger partial charge on any atom is -0.481 e. The molecule has 0 saturated heterocycles. The van der Waals surface area contributed by atoms with E-state index in [4.69, 9.17) is 34.9 Å². The van der Waals surface area contributed by atoms with Crippen LogP contribution in [0, 0.1) is 0 Å². The fourth-order valence-corrected chi connectivity index (χ4v) is 5.79. The molecule has 0 aromatic carbocycles.